The molecular formula is C36H47Cl2N5O6Si. The average molecular weight is 745 g/mol. The molecule has 0 radical (unpaired) electrons. The van der Waals surface area contributed by atoms with Gasteiger partial charge in [0, 0.05) is 37.4 Å². The number of halogens is 2. The van der Waals surface area contributed by atoms with E-state index in [0.717, 1.165) is 11.6 Å². The van der Waals surface area contributed by atoms with Crippen LogP contribution in [0.2, 0.25) is 35.9 Å². The molecule has 3 N–H and O–H groups in total. The van der Waals surface area contributed by atoms with Crippen molar-refractivity contribution in [3.63, 3.8) is 0 Å². The van der Waals surface area contributed by atoms with Gasteiger partial charge in [-0.15, -0.1) is 0 Å². The summed E-state index contributed by atoms with van der Waals surface area (Å²) in [6.45, 7) is 8.21. The molecule has 2 atom stereocenters. The van der Waals surface area contributed by atoms with Gasteiger partial charge in [0.15, 0.2) is 0 Å². The number of fused-ring (bicyclic) bond motifs is 4. The number of esters is 1. The van der Waals surface area contributed by atoms with E-state index in [1.54, 1.807) is 18.2 Å². The van der Waals surface area contributed by atoms with Gasteiger partial charge >= 0.3 is 12.1 Å². The molecule has 4 rings (SSSR count). The standard InChI is InChI=1S/C36H47Cl2N5O6Si/c1-47-32(45)21-25(24-10-9-11-26(37)20-24)16-17-39-29-12-7-6-8-13-31(44)41-30-22-27(40-36(46)48-2)14-15-28(30)33-34(38)43(35(29)42-33)23-49-18-19-50(3,4)5/h6-7,9-11,14-15,20,22,25,29,39H,8,12-13,16-19,21,23H2,1-5H3,(H,40,46)(H,41,44)/t25?,29-/m0/s1. The normalized spacial score (nSPS) is 15.5. The molecule has 50 heavy (non-hydrogen) atoms. The van der Waals surface area contributed by atoms with Gasteiger partial charge in [0.25, 0.3) is 0 Å². The lowest BCUT2D eigenvalue weighted by Gasteiger charge is -2.22. The summed E-state index contributed by atoms with van der Waals surface area (Å²) < 4.78 is 17.8. The van der Waals surface area contributed by atoms with Gasteiger partial charge in [-0.05, 0) is 73.7 Å². The fourth-order valence-electron chi connectivity index (χ4n) is 5.57. The van der Waals surface area contributed by atoms with Gasteiger partial charge in [0.2, 0.25) is 5.91 Å². The van der Waals surface area contributed by atoms with Crippen LogP contribution >= 0.6 is 23.2 Å². The minimum atomic E-state index is -1.35. The number of nitrogens with one attached hydrogen (secondary N) is 3. The van der Waals surface area contributed by atoms with Crippen LogP contribution in [0.3, 0.4) is 0 Å². The van der Waals surface area contributed by atoms with E-state index in [1.165, 1.54) is 14.2 Å². The molecule has 2 bridgehead atoms. The third kappa shape index (κ3) is 11.4. The quantitative estimate of drug-likeness (QED) is 0.0688. The molecule has 1 unspecified atom stereocenters. The van der Waals surface area contributed by atoms with Gasteiger partial charge in [-0.25, -0.2) is 9.78 Å². The Balaban J connectivity index is 1.72. The number of ether oxygens (including phenoxy) is 3. The molecule has 270 valence electrons. The lowest BCUT2D eigenvalue weighted by atomic mass is 9.92. The molecule has 0 spiro atoms. The molecule has 3 aromatic rings. The van der Waals surface area contributed by atoms with Crippen molar-refractivity contribution in [3.05, 3.63) is 76.2 Å². The summed E-state index contributed by atoms with van der Waals surface area (Å²) in [5.41, 5.74) is 2.89. The van der Waals surface area contributed by atoms with Crippen molar-refractivity contribution in [2.75, 3.05) is 38.0 Å². The molecule has 1 aromatic heterocycles. The number of nitrogens with zero attached hydrogens (tertiary/aromatic N) is 2. The molecule has 0 aliphatic carbocycles. The molecule has 2 amide bonds. The van der Waals surface area contributed by atoms with Crippen molar-refractivity contribution in [2.24, 2.45) is 0 Å². The van der Waals surface area contributed by atoms with Crippen LogP contribution in [0.15, 0.2) is 54.6 Å². The van der Waals surface area contributed by atoms with Crippen molar-refractivity contribution in [2.45, 2.75) is 76.5 Å². The second-order valence-corrected chi connectivity index (χ2v) is 19.8. The van der Waals surface area contributed by atoms with E-state index in [2.05, 4.69) is 35.6 Å². The topological polar surface area (TPSA) is 133 Å². The number of aromatic nitrogens is 2. The summed E-state index contributed by atoms with van der Waals surface area (Å²) in [4.78, 5) is 42.5. The third-order valence-electron chi connectivity index (χ3n) is 8.37. The van der Waals surface area contributed by atoms with Crippen molar-refractivity contribution in [3.8, 4) is 11.3 Å². The zero-order valence-electron chi connectivity index (χ0n) is 29.3. The van der Waals surface area contributed by atoms with Crippen LogP contribution in [0.4, 0.5) is 16.2 Å². The van der Waals surface area contributed by atoms with Gasteiger partial charge in [-0.2, -0.15) is 0 Å². The Kier molecular flexibility index (Phi) is 14.5. The smallest absolute Gasteiger partial charge is 0.411 e. The predicted octanol–water partition coefficient (Wildman–Crippen LogP) is 8.39. The summed E-state index contributed by atoms with van der Waals surface area (Å²) in [5, 5.41) is 10.3. The summed E-state index contributed by atoms with van der Waals surface area (Å²) in [7, 11) is 1.32. The van der Waals surface area contributed by atoms with Crippen LogP contribution in [-0.2, 0) is 30.5 Å². The number of rotatable bonds is 13. The van der Waals surface area contributed by atoms with E-state index in [0.29, 0.717) is 71.0 Å². The first-order chi connectivity index (χ1) is 23.9. The summed E-state index contributed by atoms with van der Waals surface area (Å²) in [5.74, 6) is 0.0556. The van der Waals surface area contributed by atoms with Crippen molar-refractivity contribution < 1.29 is 28.6 Å². The fraction of sp³-hybridized carbons (Fsp3) is 0.444. The second-order valence-electron chi connectivity index (χ2n) is 13.4. The lowest BCUT2D eigenvalue weighted by molar-refractivity contribution is -0.141. The largest absolute Gasteiger partial charge is 0.469 e. The number of imidazole rings is 1. The first-order valence-corrected chi connectivity index (χ1v) is 21.2. The van der Waals surface area contributed by atoms with Crippen molar-refractivity contribution in [1.29, 1.82) is 0 Å². The molecular weight excluding hydrogens is 697 g/mol. The van der Waals surface area contributed by atoms with Crippen LogP contribution in [0.1, 0.15) is 55.5 Å². The molecule has 0 saturated heterocycles. The fourth-order valence-corrected chi connectivity index (χ4v) is 6.80. The molecule has 1 aliphatic rings. The average Bonchev–Trinajstić information content (AvgIpc) is 3.39. The maximum atomic E-state index is 13.0. The predicted molar refractivity (Wildman–Crippen MR) is 201 cm³/mol. The molecule has 0 fully saturated rings. The number of anilines is 2. The Morgan fingerprint density at radius 2 is 1.90 bits per heavy atom. The minimum absolute atomic E-state index is 0.125. The van der Waals surface area contributed by atoms with Crippen LogP contribution in [-0.4, -0.2) is 63.0 Å². The Labute approximate surface area is 305 Å². The van der Waals surface area contributed by atoms with Gasteiger partial charge in [-0.3, -0.25) is 19.5 Å². The maximum absolute atomic E-state index is 13.0. The van der Waals surface area contributed by atoms with E-state index in [1.807, 2.05) is 41.0 Å². The highest BCUT2D eigenvalue weighted by atomic mass is 35.5. The van der Waals surface area contributed by atoms with Gasteiger partial charge in [0.05, 0.1) is 32.4 Å². The highest BCUT2D eigenvalue weighted by Crippen LogP contribution is 2.38. The van der Waals surface area contributed by atoms with Gasteiger partial charge < -0.3 is 24.8 Å². The van der Waals surface area contributed by atoms with E-state index >= 15 is 0 Å². The van der Waals surface area contributed by atoms with E-state index in [-0.39, 0.29) is 43.4 Å². The first-order valence-electron chi connectivity index (χ1n) is 16.7. The molecule has 11 nitrogen and oxygen atoms in total. The molecule has 2 aromatic carbocycles. The first kappa shape index (κ1) is 39.1. The molecule has 0 saturated carbocycles. The second kappa shape index (κ2) is 18.5. The SMILES string of the molecule is COC(=O)CC(CCN[C@H]1CC=CCCC(=O)Nc2cc(NC(=O)OC)ccc2-c2nc1n(COCC[Si](C)(C)C)c2Cl)c1cccc(Cl)c1. The maximum Gasteiger partial charge on any atom is 0.411 e. The van der Waals surface area contributed by atoms with E-state index in [4.69, 9.17) is 42.4 Å². The van der Waals surface area contributed by atoms with Crippen molar-refractivity contribution >= 4 is 60.6 Å². The number of hydrogen-bond donors (Lipinski definition) is 3. The Hall–Kier alpha value is -3.68. The summed E-state index contributed by atoms with van der Waals surface area (Å²) >= 11 is 13.5. The number of methoxy groups -OCH3 is 2. The van der Waals surface area contributed by atoms with Gasteiger partial charge in [0.1, 0.15) is 23.4 Å². The number of carbonyl (C=O) groups excluding carboxylic acids is 3. The molecule has 2 heterocycles. The number of benzene rings is 2. The molecule has 1 aliphatic heterocycles. The number of amides is 2. The highest BCUT2D eigenvalue weighted by molar-refractivity contribution is 6.76. The van der Waals surface area contributed by atoms with E-state index in [9.17, 15) is 14.4 Å². The number of hydrogen-bond acceptors (Lipinski definition) is 8. The third-order valence-corrected chi connectivity index (χ3v) is 10.7. The van der Waals surface area contributed by atoms with Crippen LogP contribution in [0.5, 0.6) is 0 Å². The van der Waals surface area contributed by atoms with Crippen LogP contribution in [0, 0.1) is 0 Å². The highest BCUT2D eigenvalue weighted by Gasteiger charge is 2.27. The van der Waals surface area contributed by atoms with Crippen LogP contribution in [0.25, 0.3) is 11.3 Å². The van der Waals surface area contributed by atoms with Gasteiger partial charge in [-0.1, -0.05) is 67.1 Å². The summed E-state index contributed by atoms with van der Waals surface area (Å²) in [6.07, 6.45) is 5.58. The minimum Gasteiger partial charge on any atom is -0.469 e. The summed E-state index contributed by atoms with van der Waals surface area (Å²) in [6, 6.07) is 13.4. The van der Waals surface area contributed by atoms with E-state index < -0.39 is 14.2 Å². The zero-order chi connectivity index (χ0) is 36.3. The van der Waals surface area contributed by atoms with Crippen LogP contribution < -0.4 is 16.0 Å². The Morgan fingerprint density at radius 1 is 1.10 bits per heavy atom. The Morgan fingerprint density at radius 3 is 2.62 bits per heavy atom. The zero-order valence-corrected chi connectivity index (χ0v) is 31.8. The Bertz CT molecular complexity index is 1670. The molecule has 14 heteroatoms. The number of carbonyl (C=O) groups is 3. The lowest BCUT2D eigenvalue weighted by Crippen LogP contribution is -2.27. The van der Waals surface area contributed by atoms with Crippen molar-refractivity contribution in [1.82, 2.24) is 14.9 Å². The monoisotopic (exact) mass is 743 g/mol. The number of allylic oxidation sites excluding steroid dienone is 1.